The third-order valence-corrected chi connectivity index (χ3v) is 5.30. The van der Waals surface area contributed by atoms with Gasteiger partial charge in [-0.15, -0.1) is 5.10 Å². The summed E-state index contributed by atoms with van der Waals surface area (Å²) in [5.74, 6) is 1.47. The van der Waals surface area contributed by atoms with Crippen molar-refractivity contribution in [1.82, 2.24) is 30.7 Å². The highest BCUT2D eigenvalue weighted by Gasteiger charge is 2.25. The lowest BCUT2D eigenvalue weighted by atomic mass is 10.1. The molecule has 13 nitrogen and oxygen atoms in total. The molecule has 0 fully saturated rings. The Morgan fingerprint density at radius 3 is 2.72 bits per heavy atom. The Bertz CT molecular complexity index is 1430. The average Bonchev–Trinajstić information content (AvgIpc) is 3.64. The second-order valence-corrected chi connectivity index (χ2v) is 7.75. The van der Waals surface area contributed by atoms with Crippen LogP contribution in [0.15, 0.2) is 52.2 Å². The van der Waals surface area contributed by atoms with Gasteiger partial charge in [-0.05, 0) is 66.1 Å². The van der Waals surface area contributed by atoms with Crippen molar-refractivity contribution in [2.75, 3.05) is 19.1 Å². The van der Waals surface area contributed by atoms with Crippen LogP contribution in [0.3, 0.4) is 0 Å². The number of nitrogens with two attached hydrogens (primary N) is 1. The summed E-state index contributed by atoms with van der Waals surface area (Å²) in [7, 11) is 0. The van der Waals surface area contributed by atoms with E-state index in [1.807, 2.05) is 13.0 Å². The van der Waals surface area contributed by atoms with Crippen molar-refractivity contribution in [1.29, 1.82) is 0 Å². The number of hydrogen-bond donors (Lipinski definition) is 2. The van der Waals surface area contributed by atoms with Crippen LogP contribution in [0.1, 0.15) is 36.3 Å². The van der Waals surface area contributed by atoms with Gasteiger partial charge in [0.05, 0.1) is 12.3 Å². The summed E-state index contributed by atoms with van der Waals surface area (Å²) in [4.78, 5) is 13.1. The normalized spacial score (nSPS) is 12.6. The number of benzene rings is 2. The van der Waals surface area contributed by atoms with Gasteiger partial charge in [-0.3, -0.25) is 4.79 Å². The molecule has 2 aromatic carbocycles. The second-order valence-electron chi connectivity index (χ2n) is 7.75. The number of carbonyl (C=O) groups is 1. The number of carbonyl (C=O) groups excluding carboxylic acids is 1. The first-order chi connectivity index (χ1) is 17.5. The molecule has 2 aromatic heterocycles. The van der Waals surface area contributed by atoms with Crippen molar-refractivity contribution in [2.45, 2.75) is 20.3 Å². The number of rotatable bonds is 8. The minimum absolute atomic E-state index is 0.00173. The van der Waals surface area contributed by atoms with E-state index in [2.05, 4.69) is 31.2 Å². The number of hydrogen-bond acceptors (Lipinski definition) is 11. The summed E-state index contributed by atoms with van der Waals surface area (Å²) in [5, 5.41) is 19.7. The van der Waals surface area contributed by atoms with Gasteiger partial charge in [0.1, 0.15) is 11.4 Å². The zero-order valence-electron chi connectivity index (χ0n) is 19.5. The predicted molar refractivity (Wildman–Crippen MR) is 127 cm³/mol. The van der Waals surface area contributed by atoms with E-state index in [0.29, 0.717) is 40.8 Å². The largest absolute Gasteiger partial charge is 0.494 e. The molecule has 184 valence electrons. The van der Waals surface area contributed by atoms with E-state index >= 15 is 0 Å². The fraction of sp³-hybridized carbons (Fsp3) is 0.217. The fourth-order valence-electron chi connectivity index (χ4n) is 3.48. The smallest absolute Gasteiger partial charge is 0.294 e. The molecule has 0 unspecified atom stereocenters. The number of anilines is 1. The van der Waals surface area contributed by atoms with Gasteiger partial charge in [0.15, 0.2) is 17.2 Å². The molecule has 0 spiro atoms. The number of fused-ring (bicyclic) bond motifs is 1. The minimum Gasteiger partial charge on any atom is -0.494 e. The molecule has 0 saturated heterocycles. The van der Waals surface area contributed by atoms with Crippen molar-refractivity contribution in [3.8, 4) is 34.3 Å². The van der Waals surface area contributed by atoms with Crippen molar-refractivity contribution in [2.24, 2.45) is 5.10 Å². The monoisotopic (exact) mass is 490 g/mol. The Hall–Kier alpha value is -4.94. The van der Waals surface area contributed by atoms with Crippen LogP contribution in [-0.2, 0) is 0 Å². The summed E-state index contributed by atoms with van der Waals surface area (Å²) in [6, 6.07) is 12.5. The molecule has 3 heterocycles. The zero-order valence-corrected chi connectivity index (χ0v) is 19.5. The molecular formula is C23H22N8O5. The number of aromatic nitrogens is 5. The summed E-state index contributed by atoms with van der Waals surface area (Å²) in [6.07, 6.45) is 0.882. The van der Waals surface area contributed by atoms with Crippen molar-refractivity contribution >= 4 is 17.4 Å². The van der Waals surface area contributed by atoms with Crippen molar-refractivity contribution in [3.63, 3.8) is 0 Å². The maximum Gasteiger partial charge on any atom is 0.294 e. The Morgan fingerprint density at radius 2 is 1.97 bits per heavy atom. The van der Waals surface area contributed by atoms with E-state index in [4.69, 9.17) is 24.6 Å². The molecule has 3 N–H and O–H groups in total. The third-order valence-electron chi connectivity index (χ3n) is 5.30. The van der Waals surface area contributed by atoms with Crippen molar-refractivity contribution in [3.05, 3.63) is 53.7 Å². The molecule has 5 rings (SSSR count). The summed E-state index contributed by atoms with van der Waals surface area (Å²) in [5.41, 5.74) is 10.7. The molecular weight excluding hydrogens is 468 g/mol. The molecule has 4 aromatic rings. The number of ether oxygens (including phenoxy) is 3. The maximum absolute atomic E-state index is 13.1. The SMILES string of the molecule is CCCOc1ccc(-c2c(C(=O)NN=C(C)c3ccc4c(c3)OCO4)nnn2-c2nonc2N)cc1. The quantitative estimate of drug-likeness (QED) is 0.277. The minimum atomic E-state index is -0.585. The standard InChI is InChI=1S/C23H22N8O5/c1-3-10-33-16-7-4-14(5-8-16)20-19(26-30-31(20)22-21(24)28-36-29-22)23(32)27-25-13(2)15-6-9-17-18(11-15)35-12-34-17/h4-9,11H,3,10,12H2,1-2H3,(H2,24,28)(H,27,32). The summed E-state index contributed by atoms with van der Waals surface area (Å²) < 4.78 is 22.4. The van der Waals surface area contributed by atoms with Crippen LogP contribution in [-0.4, -0.2) is 50.3 Å². The molecule has 0 aliphatic carbocycles. The lowest BCUT2D eigenvalue weighted by Gasteiger charge is -2.08. The third kappa shape index (κ3) is 4.41. The Morgan fingerprint density at radius 1 is 1.17 bits per heavy atom. The first-order valence-corrected chi connectivity index (χ1v) is 11.1. The highest BCUT2D eigenvalue weighted by molar-refractivity contribution is 6.02. The van der Waals surface area contributed by atoms with Gasteiger partial charge in [-0.2, -0.15) is 9.78 Å². The van der Waals surface area contributed by atoms with Crippen LogP contribution in [0.25, 0.3) is 17.1 Å². The highest BCUT2D eigenvalue weighted by atomic mass is 16.7. The first kappa shape index (κ1) is 22.8. The van der Waals surface area contributed by atoms with Crippen LogP contribution in [0, 0.1) is 0 Å². The lowest BCUT2D eigenvalue weighted by molar-refractivity contribution is 0.0950. The highest BCUT2D eigenvalue weighted by Crippen LogP contribution is 2.32. The van der Waals surface area contributed by atoms with E-state index in [0.717, 1.165) is 12.0 Å². The Labute approximate surface area is 204 Å². The van der Waals surface area contributed by atoms with E-state index in [1.165, 1.54) is 4.68 Å². The van der Waals surface area contributed by atoms with E-state index in [9.17, 15) is 4.79 Å². The van der Waals surface area contributed by atoms with Crippen LogP contribution in [0.2, 0.25) is 0 Å². The lowest BCUT2D eigenvalue weighted by Crippen LogP contribution is -2.21. The first-order valence-electron chi connectivity index (χ1n) is 11.1. The fourth-order valence-corrected chi connectivity index (χ4v) is 3.48. The Kier molecular flexibility index (Phi) is 6.18. The average molecular weight is 490 g/mol. The molecule has 1 amide bonds. The van der Waals surface area contributed by atoms with Gasteiger partial charge in [0.2, 0.25) is 18.4 Å². The molecule has 0 bridgehead atoms. The van der Waals surface area contributed by atoms with Crippen molar-refractivity contribution < 1.29 is 23.6 Å². The van der Waals surface area contributed by atoms with E-state index in [-0.39, 0.29) is 24.1 Å². The van der Waals surface area contributed by atoms with Gasteiger partial charge in [0, 0.05) is 11.1 Å². The number of hydrazone groups is 1. The molecule has 0 radical (unpaired) electrons. The van der Waals surface area contributed by atoms with E-state index in [1.54, 1.807) is 43.3 Å². The molecule has 13 heteroatoms. The van der Waals surface area contributed by atoms with Gasteiger partial charge >= 0.3 is 0 Å². The molecule has 36 heavy (non-hydrogen) atoms. The van der Waals surface area contributed by atoms with Crippen LogP contribution in [0.4, 0.5) is 5.82 Å². The van der Waals surface area contributed by atoms with Crippen LogP contribution < -0.4 is 25.4 Å². The van der Waals surface area contributed by atoms with Gasteiger partial charge in [-0.25, -0.2) is 10.1 Å². The number of nitrogen functional groups attached to an aromatic ring is 1. The predicted octanol–water partition coefficient (Wildman–Crippen LogP) is 2.57. The van der Waals surface area contributed by atoms with Gasteiger partial charge in [-0.1, -0.05) is 12.1 Å². The summed E-state index contributed by atoms with van der Waals surface area (Å²) in [6.45, 7) is 4.54. The number of amides is 1. The van der Waals surface area contributed by atoms with Crippen LogP contribution >= 0.6 is 0 Å². The maximum atomic E-state index is 13.1. The molecule has 0 atom stereocenters. The molecule has 0 saturated carbocycles. The van der Waals surface area contributed by atoms with E-state index < -0.39 is 5.91 Å². The van der Waals surface area contributed by atoms with Gasteiger partial charge < -0.3 is 19.9 Å². The molecule has 1 aliphatic rings. The number of nitrogens with one attached hydrogen (secondary N) is 1. The Balaban J connectivity index is 1.45. The number of nitrogens with zero attached hydrogens (tertiary/aromatic N) is 6. The molecule has 1 aliphatic heterocycles. The van der Waals surface area contributed by atoms with Gasteiger partial charge in [0.25, 0.3) is 5.91 Å². The summed E-state index contributed by atoms with van der Waals surface area (Å²) >= 11 is 0. The van der Waals surface area contributed by atoms with Crippen LogP contribution in [0.5, 0.6) is 17.2 Å². The second kappa shape index (κ2) is 9.74. The zero-order chi connectivity index (χ0) is 25.1. The topological polar surface area (TPSA) is 165 Å².